The lowest BCUT2D eigenvalue weighted by molar-refractivity contribution is 0.161. The van der Waals surface area contributed by atoms with Crippen molar-refractivity contribution >= 4 is 0 Å². The van der Waals surface area contributed by atoms with Gasteiger partial charge in [0.15, 0.2) is 0 Å². The quantitative estimate of drug-likeness (QED) is 0.846. The zero-order chi connectivity index (χ0) is 13.4. The normalized spacial score (nSPS) is 21.6. The summed E-state index contributed by atoms with van der Waals surface area (Å²) in [6.45, 7) is 1.76. The van der Waals surface area contributed by atoms with Crippen LogP contribution in [0.2, 0.25) is 0 Å². The summed E-state index contributed by atoms with van der Waals surface area (Å²) in [4.78, 5) is 0. The van der Waals surface area contributed by atoms with Crippen molar-refractivity contribution in [1.82, 2.24) is 0 Å². The van der Waals surface area contributed by atoms with Gasteiger partial charge in [0.05, 0.1) is 0 Å². The third-order valence-electron chi connectivity index (χ3n) is 3.61. The summed E-state index contributed by atoms with van der Waals surface area (Å²) in [5.74, 6) is 0.637. The number of halogens is 1. The first kappa shape index (κ1) is 12.2. The molecule has 2 nitrogen and oxygen atoms in total. The molecule has 2 aromatic carbocycles. The molecule has 2 aromatic rings. The van der Waals surface area contributed by atoms with Crippen LogP contribution in [-0.2, 0) is 0 Å². The van der Waals surface area contributed by atoms with E-state index in [1.165, 1.54) is 6.07 Å². The Bertz CT molecular complexity index is 611. The van der Waals surface area contributed by atoms with Crippen LogP contribution in [0.1, 0.15) is 35.3 Å². The third kappa shape index (κ3) is 2.22. The zero-order valence-corrected chi connectivity index (χ0v) is 10.8. The van der Waals surface area contributed by atoms with Gasteiger partial charge in [0, 0.05) is 18.0 Å². The number of benzene rings is 2. The number of rotatable bonds is 1. The van der Waals surface area contributed by atoms with Gasteiger partial charge < -0.3 is 10.5 Å². The average Bonchev–Trinajstić information content (AvgIpc) is 2.42. The molecule has 19 heavy (non-hydrogen) atoms. The van der Waals surface area contributed by atoms with Crippen molar-refractivity contribution in [3.8, 4) is 5.75 Å². The molecule has 1 aliphatic heterocycles. The second-order valence-electron chi connectivity index (χ2n) is 5.00. The van der Waals surface area contributed by atoms with Gasteiger partial charge in [-0.15, -0.1) is 0 Å². The van der Waals surface area contributed by atoms with Crippen LogP contribution in [0.5, 0.6) is 5.75 Å². The Morgan fingerprint density at radius 3 is 2.79 bits per heavy atom. The van der Waals surface area contributed by atoms with E-state index in [1.54, 1.807) is 13.0 Å². The van der Waals surface area contributed by atoms with E-state index in [9.17, 15) is 4.39 Å². The molecule has 1 unspecified atom stereocenters. The fourth-order valence-electron chi connectivity index (χ4n) is 2.53. The topological polar surface area (TPSA) is 35.2 Å². The Morgan fingerprint density at radius 1 is 1.21 bits per heavy atom. The first-order chi connectivity index (χ1) is 9.15. The lowest BCUT2D eigenvalue weighted by Crippen LogP contribution is -2.24. The predicted octanol–water partition coefficient (Wildman–Crippen LogP) is 3.66. The van der Waals surface area contributed by atoms with Crippen molar-refractivity contribution in [3.05, 3.63) is 65.0 Å². The minimum absolute atomic E-state index is 0.0414. The molecule has 0 saturated heterocycles. The summed E-state index contributed by atoms with van der Waals surface area (Å²) >= 11 is 0. The van der Waals surface area contributed by atoms with Gasteiger partial charge in [-0.25, -0.2) is 4.39 Å². The number of hydrogen-bond acceptors (Lipinski definition) is 2. The van der Waals surface area contributed by atoms with Crippen molar-refractivity contribution in [3.63, 3.8) is 0 Å². The summed E-state index contributed by atoms with van der Waals surface area (Å²) < 4.78 is 19.3. The Morgan fingerprint density at radius 2 is 2.00 bits per heavy atom. The predicted molar refractivity (Wildman–Crippen MR) is 72.5 cm³/mol. The maximum absolute atomic E-state index is 13.3. The van der Waals surface area contributed by atoms with Crippen LogP contribution >= 0.6 is 0 Å². The molecule has 0 aliphatic carbocycles. The lowest BCUT2D eigenvalue weighted by atomic mass is 9.93. The standard InChI is InChI=1S/C16H16FNO/c1-10-8-11(6-7-13(10)17)16-9-14(18)12-4-2-3-5-15(12)19-16/h2-8,14,16H,9,18H2,1H3/t14-,16?/m0/s1. The van der Waals surface area contributed by atoms with E-state index in [1.807, 2.05) is 30.3 Å². The second-order valence-corrected chi connectivity index (χ2v) is 5.00. The van der Waals surface area contributed by atoms with Gasteiger partial charge in [0.25, 0.3) is 0 Å². The number of nitrogens with two attached hydrogens (primary N) is 1. The Kier molecular flexibility index (Phi) is 2.99. The first-order valence-electron chi connectivity index (χ1n) is 6.42. The van der Waals surface area contributed by atoms with E-state index in [4.69, 9.17) is 10.5 Å². The highest BCUT2D eigenvalue weighted by Gasteiger charge is 2.26. The lowest BCUT2D eigenvalue weighted by Gasteiger charge is -2.30. The minimum Gasteiger partial charge on any atom is -0.485 e. The van der Waals surface area contributed by atoms with Crippen molar-refractivity contribution in [2.75, 3.05) is 0 Å². The smallest absolute Gasteiger partial charge is 0.126 e. The summed E-state index contributed by atoms with van der Waals surface area (Å²) in [5, 5.41) is 0. The van der Waals surface area contributed by atoms with Crippen LogP contribution < -0.4 is 10.5 Å². The van der Waals surface area contributed by atoms with E-state index < -0.39 is 0 Å². The van der Waals surface area contributed by atoms with E-state index >= 15 is 0 Å². The van der Waals surface area contributed by atoms with Crippen molar-refractivity contribution in [2.24, 2.45) is 5.73 Å². The number of ether oxygens (including phenoxy) is 1. The second kappa shape index (κ2) is 4.67. The van der Waals surface area contributed by atoms with Gasteiger partial charge >= 0.3 is 0 Å². The highest BCUT2D eigenvalue weighted by Crippen LogP contribution is 2.39. The molecule has 2 N–H and O–H groups in total. The van der Waals surface area contributed by atoms with Crippen molar-refractivity contribution in [1.29, 1.82) is 0 Å². The van der Waals surface area contributed by atoms with E-state index in [0.29, 0.717) is 12.0 Å². The number of para-hydroxylation sites is 1. The molecule has 0 fully saturated rings. The van der Waals surface area contributed by atoms with Gasteiger partial charge in [0.2, 0.25) is 0 Å². The molecule has 3 heteroatoms. The van der Waals surface area contributed by atoms with Crippen LogP contribution in [0.15, 0.2) is 42.5 Å². The van der Waals surface area contributed by atoms with E-state index in [-0.39, 0.29) is 18.0 Å². The van der Waals surface area contributed by atoms with Crippen molar-refractivity contribution < 1.29 is 9.13 Å². The Labute approximate surface area is 112 Å². The summed E-state index contributed by atoms with van der Waals surface area (Å²) in [6.07, 6.45) is 0.603. The SMILES string of the molecule is Cc1cc(C2C[C@H](N)c3ccccc3O2)ccc1F. The largest absolute Gasteiger partial charge is 0.485 e. The average molecular weight is 257 g/mol. The minimum atomic E-state index is -0.191. The molecule has 2 atom stereocenters. The monoisotopic (exact) mass is 257 g/mol. The summed E-state index contributed by atoms with van der Waals surface area (Å²) in [7, 11) is 0. The first-order valence-corrected chi connectivity index (χ1v) is 6.42. The maximum Gasteiger partial charge on any atom is 0.126 e. The van der Waals surface area contributed by atoms with Crippen LogP contribution in [0.4, 0.5) is 4.39 Å². The Balaban J connectivity index is 1.94. The maximum atomic E-state index is 13.3. The van der Waals surface area contributed by atoms with Crippen LogP contribution in [0.25, 0.3) is 0 Å². The highest BCUT2D eigenvalue weighted by molar-refractivity contribution is 5.39. The number of fused-ring (bicyclic) bond motifs is 1. The van der Waals surface area contributed by atoms with Gasteiger partial charge in [0.1, 0.15) is 17.7 Å². The van der Waals surface area contributed by atoms with Gasteiger partial charge in [-0.1, -0.05) is 24.3 Å². The fourth-order valence-corrected chi connectivity index (χ4v) is 2.53. The van der Waals surface area contributed by atoms with Gasteiger partial charge in [-0.2, -0.15) is 0 Å². The fraction of sp³-hybridized carbons (Fsp3) is 0.250. The molecule has 0 spiro atoms. The van der Waals surface area contributed by atoms with E-state index in [2.05, 4.69) is 0 Å². The van der Waals surface area contributed by atoms with E-state index in [0.717, 1.165) is 16.9 Å². The molecule has 0 bridgehead atoms. The zero-order valence-electron chi connectivity index (χ0n) is 10.8. The molecule has 1 aliphatic rings. The summed E-state index contributed by atoms with van der Waals surface area (Å²) in [5.41, 5.74) is 8.84. The molecule has 1 heterocycles. The molecular weight excluding hydrogens is 241 g/mol. The highest BCUT2D eigenvalue weighted by atomic mass is 19.1. The number of aryl methyl sites for hydroxylation is 1. The molecule has 0 radical (unpaired) electrons. The molecule has 0 amide bonds. The summed E-state index contributed by atoms with van der Waals surface area (Å²) in [6, 6.07) is 12.9. The molecule has 98 valence electrons. The van der Waals surface area contributed by atoms with Gasteiger partial charge in [-0.3, -0.25) is 0 Å². The van der Waals surface area contributed by atoms with Crippen molar-refractivity contribution in [2.45, 2.75) is 25.5 Å². The molecule has 3 rings (SSSR count). The van der Waals surface area contributed by atoms with Crippen LogP contribution in [-0.4, -0.2) is 0 Å². The third-order valence-corrected chi connectivity index (χ3v) is 3.61. The molecular formula is C16H16FNO. The van der Waals surface area contributed by atoms with Gasteiger partial charge in [-0.05, 0) is 36.2 Å². The Hall–Kier alpha value is -1.87. The van der Waals surface area contributed by atoms with Crippen LogP contribution in [0.3, 0.4) is 0 Å². The molecule has 0 saturated carbocycles. The van der Waals surface area contributed by atoms with Crippen LogP contribution in [0, 0.1) is 12.7 Å². The molecule has 0 aromatic heterocycles. The number of hydrogen-bond donors (Lipinski definition) is 1.